The van der Waals surface area contributed by atoms with E-state index < -0.39 is 20.0 Å². The van der Waals surface area contributed by atoms with Gasteiger partial charge in [0.05, 0.1) is 28.2 Å². The lowest BCUT2D eigenvalue weighted by Crippen LogP contribution is -2.17. The second kappa shape index (κ2) is 9.97. The van der Waals surface area contributed by atoms with E-state index in [0.29, 0.717) is 22.4 Å². The van der Waals surface area contributed by atoms with Crippen LogP contribution in [0.4, 0.5) is 11.4 Å². The molecule has 5 aromatic rings. The molecule has 2 aromatic heterocycles. The lowest BCUT2D eigenvalue weighted by Gasteiger charge is -2.14. The summed E-state index contributed by atoms with van der Waals surface area (Å²) >= 11 is 6.08. The van der Waals surface area contributed by atoms with Crippen molar-refractivity contribution >= 4 is 54.0 Å². The van der Waals surface area contributed by atoms with E-state index in [1.807, 2.05) is 0 Å². The van der Waals surface area contributed by atoms with Crippen molar-refractivity contribution in [1.29, 1.82) is 0 Å². The lowest BCUT2D eigenvalue weighted by molar-refractivity contribution is 0.458. The Bertz CT molecular complexity index is 1820. The third kappa shape index (κ3) is 5.57. The molecule has 0 aliphatic heterocycles. The fraction of sp³-hybridized carbons (Fsp3) is 0.0400. The number of nitrogens with one attached hydrogen (secondary N) is 2. The van der Waals surface area contributed by atoms with Crippen molar-refractivity contribution in [2.45, 2.75) is 16.9 Å². The SMILES string of the molecule is Cc1cncc(Oc2ccc(S(=O)(=O)Nc3ccc(Cl)cc3NS(=O)(=O)c3cc4ccccc4o3)cc2)n1. The molecular weight excluding hydrogens is 552 g/mol. The van der Waals surface area contributed by atoms with Crippen LogP contribution < -0.4 is 14.2 Å². The van der Waals surface area contributed by atoms with Crippen molar-refractivity contribution in [3.63, 3.8) is 0 Å². The van der Waals surface area contributed by atoms with E-state index in [0.717, 1.165) is 0 Å². The molecule has 0 saturated carbocycles. The first-order chi connectivity index (χ1) is 18.1. The van der Waals surface area contributed by atoms with Gasteiger partial charge < -0.3 is 9.15 Å². The molecule has 5 rings (SSSR count). The summed E-state index contributed by atoms with van der Waals surface area (Å²) in [6.45, 7) is 1.77. The van der Waals surface area contributed by atoms with E-state index in [9.17, 15) is 16.8 Å². The summed E-state index contributed by atoms with van der Waals surface area (Å²) in [5, 5.41) is 0.458. The van der Waals surface area contributed by atoms with E-state index in [2.05, 4.69) is 19.4 Å². The highest BCUT2D eigenvalue weighted by atomic mass is 35.5. The van der Waals surface area contributed by atoms with Crippen LogP contribution >= 0.6 is 11.6 Å². The number of anilines is 2. The van der Waals surface area contributed by atoms with E-state index in [-0.39, 0.29) is 32.3 Å². The molecule has 13 heteroatoms. The highest BCUT2D eigenvalue weighted by Crippen LogP contribution is 2.32. The summed E-state index contributed by atoms with van der Waals surface area (Å²) < 4.78 is 68.1. The van der Waals surface area contributed by atoms with E-state index in [1.165, 1.54) is 54.7 Å². The molecule has 0 aliphatic rings. The average molecular weight is 571 g/mol. The number of halogens is 1. The molecule has 2 heterocycles. The number of rotatable bonds is 8. The Kier molecular flexibility index (Phi) is 6.69. The van der Waals surface area contributed by atoms with Gasteiger partial charge in [0.2, 0.25) is 11.0 Å². The smallest absolute Gasteiger partial charge is 0.295 e. The van der Waals surface area contributed by atoms with Crippen molar-refractivity contribution < 1.29 is 26.0 Å². The quantitative estimate of drug-likeness (QED) is 0.246. The molecule has 3 aromatic carbocycles. The van der Waals surface area contributed by atoms with Gasteiger partial charge in [-0.1, -0.05) is 29.8 Å². The minimum Gasteiger partial charge on any atom is -0.443 e. The van der Waals surface area contributed by atoms with Gasteiger partial charge in [-0.2, -0.15) is 8.42 Å². The fourth-order valence-electron chi connectivity index (χ4n) is 3.48. The van der Waals surface area contributed by atoms with Crippen LogP contribution in [-0.4, -0.2) is 26.8 Å². The zero-order valence-electron chi connectivity index (χ0n) is 19.6. The van der Waals surface area contributed by atoms with Gasteiger partial charge in [-0.05, 0) is 55.5 Å². The maximum absolute atomic E-state index is 13.1. The topological polar surface area (TPSA) is 140 Å². The number of hydrogen-bond acceptors (Lipinski definition) is 8. The molecule has 194 valence electrons. The fourth-order valence-corrected chi connectivity index (χ4v) is 5.77. The third-order valence-electron chi connectivity index (χ3n) is 5.23. The predicted molar refractivity (Wildman–Crippen MR) is 143 cm³/mol. The number of hydrogen-bond donors (Lipinski definition) is 2. The lowest BCUT2D eigenvalue weighted by atomic mass is 10.3. The summed E-state index contributed by atoms with van der Waals surface area (Å²) in [6.07, 6.45) is 3.02. The summed E-state index contributed by atoms with van der Waals surface area (Å²) in [4.78, 5) is 8.10. The summed E-state index contributed by atoms with van der Waals surface area (Å²) in [7, 11) is -8.33. The molecular formula is C25H19ClN4O6S2. The first-order valence-corrected chi connectivity index (χ1v) is 14.3. The molecule has 0 aliphatic carbocycles. The Hall–Kier alpha value is -4.13. The molecule has 0 amide bonds. The van der Waals surface area contributed by atoms with Crippen molar-refractivity contribution in [1.82, 2.24) is 9.97 Å². The van der Waals surface area contributed by atoms with Crippen molar-refractivity contribution in [2.75, 3.05) is 9.44 Å². The first-order valence-electron chi connectivity index (χ1n) is 11.0. The van der Waals surface area contributed by atoms with Crippen LogP contribution in [0.1, 0.15) is 5.69 Å². The Morgan fingerprint density at radius 1 is 0.842 bits per heavy atom. The van der Waals surface area contributed by atoms with E-state index in [4.69, 9.17) is 20.8 Å². The number of ether oxygens (including phenoxy) is 1. The molecule has 0 unspecified atom stereocenters. The Balaban J connectivity index is 1.38. The predicted octanol–water partition coefficient (Wildman–Crippen LogP) is 5.58. The molecule has 0 radical (unpaired) electrons. The normalized spacial score (nSPS) is 11.8. The van der Waals surface area contributed by atoms with Crippen LogP contribution in [0.2, 0.25) is 5.02 Å². The zero-order valence-corrected chi connectivity index (χ0v) is 22.0. The standard InChI is InChI=1S/C25H19ClN4O6S2/c1-16-14-27-15-24(28-16)35-19-7-9-20(10-8-19)37(31,32)29-21-11-6-18(26)13-22(21)30-38(33,34)25-12-17-4-2-3-5-23(17)36-25/h2-15,29-30H,1H3. The summed E-state index contributed by atoms with van der Waals surface area (Å²) in [5.74, 6) is 0.621. The number of benzene rings is 3. The van der Waals surface area contributed by atoms with E-state index >= 15 is 0 Å². The van der Waals surface area contributed by atoms with Crippen LogP contribution in [0.25, 0.3) is 11.0 Å². The Morgan fingerprint density at radius 2 is 1.58 bits per heavy atom. The van der Waals surface area contributed by atoms with Crippen molar-refractivity contribution in [3.05, 3.63) is 95.9 Å². The highest BCUT2D eigenvalue weighted by Gasteiger charge is 2.23. The number of sulfonamides is 2. The molecule has 2 N–H and O–H groups in total. The zero-order chi connectivity index (χ0) is 26.9. The Labute approximate surface area is 223 Å². The molecule has 10 nitrogen and oxygen atoms in total. The number of aromatic nitrogens is 2. The van der Waals surface area contributed by atoms with Gasteiger partial charge in [0.25, 0.3) is 20.0 Å². The van der Waals surface area contributed by atoms with Gasteiger partial charge in [0.15, 0.2) is 0 Å². The van der Waals surface area contributed by atoms with Crippen LogP contribution in [0.15, 0.2) is 99.6 Å². The Morgan fingerprint density at radius 3 is 2.32 bits per heavy atom. The van der Waals surface area contributed by atoms with Crippen LogP contribution in [-0.2, 0) is 20.0 Å². The number of nitrogens with zero attached hydrogens (tertiary/aromatic N) is 2. The highest BCUT2D eigenvalue weighted by molar-refractivity contribution is 7.93. The molecule has 0 bridgehead atoms. The van der Waals surface area contributed by atoms with Gasteiger partial charge in [-0.3, -0.25) is 14.4 Å². The van der Waals surface area contributed by atoms with Gasteiger partial charge in [-0.25, -0.2) is 13.4 Å². The maximum Gasteiger partial charge on any atom is 0.295 e. The molecule has 38 heavy (non-hydrogen) atoms. The van der Waals surface area contributed by atoms with Crippen molar-refractivity contribution in [2.24, 2.45) is 0 Å². The number of aryl methyl sites for hydroxylation is 1. The summed E-state index contributed by atoms with van der Waals surface area (Å²) in [5.41, 5.74) is 0.936. The van der Waals surface area contributed by atoms with Crippen LogP contribution in [0.3, 0.4) is 0 Å². The number of fused-ring (bicyclic) bond motifs is 1. The number of para-hydroxylation sites is 1. The first kappa shape index (κ1) is 25.5. The molecule has 0 saturated heterocycles. The minimum absolute atomic E-state index is 0.0375. The minimum atomic E-state index is -4.21. The van der Waals surface area contributed by atoms with Crippen molar-refractivity contribution in [3.8, 4) is 11.6 Å². The second-order valence-electron chi connectivity index (χ2n) is 8.08. The van der Waals surface area contributed by atoms with Crippen LogP contribution in [0, 0.1) is 6.92 Å². The van der Waals surface area contributed by atoms with Crippen LogP contribution in [0.5, 0.6) is 11.6 Å². The average Bonchev–Trinajstić information content (AvgIpc) is 3.32. The third-order valence-corrected chi connectivity index (χ3v) is 8.06. The van der Waals surface area contributed by atoms with Gasteiger partial charge in [0.1, 0.15) is 11.3 Å². The number of furan rings is 1. The molecule has 0 atom stereocenters. The second-order valence-corrected chi connectivity index (χ2v) is 11.8. The van der Waals surface area contributed by atoms with Gasteiger partial charge in [0, 0.05) is 22.7 Å². The largest absolute Gasteiger partial charge is 0.443 e. The van der Waals surface area contributed by atoms with Gasteiger partial charge >= 0.3 is 0 Å². The van der Waals surface area contributed by atoms with Gasteiger partial charge in [-0.15, -0.1) is 0 Å². The van der Waals surface area contributed by atoms with E-state index in [1.54, 1.807) is 37.4 Å². The maximum atomic E-state index is 13.1. The monoisotopic (exact) mass is 570 g/mol. The molecule has 0 fully saturated rings. The molecule has 0 spiro atoms. The summed E-state index contributed by atoms with van der Waals surface area (Å²) in [6, 6.07) is 17.9.